The maximum absolute atomic E-state index is 13.4. The van der Waals surface area contributed by atoms with E-state index in [1.165, 1.54) is 16.8 Å². The molecule has 1 N–H and O–H groups in total. The summed E-state index contributed by atoms with van der Waals surface area (Å²) in [5, 5.41) is 14.5. The Kier molecular flexibility index (Phi) is 4.91. The van der Waals surface area contributed by atoms with Crippen molar-refractivity contribution in [3.05, 3.63) is 33.8 Å². The van der Waals surface area contributed by atoms with Gasteiger partial charge in [0.15, 0.2) is 11.6 Å². The van der Waals surface area contributed by atoms with Crippen LogP contribution >= 0.6 is 23.2 Å². The maximum atomic E-state index is 13.4. The van der Waals surface area contributed by atoms with Crippen LogP contribution in [0.5, 0.6) is 0 Å². The van der Waals surface area contributed by atoms with Gasteiger partial charge in [-0.25, -0.2) is 4.39 Å². The molecule has 0 saturated heterocycles. The maximum Gasteiger partial charge on any atom is 0.170 e. The third kappa shape index (κ3) is 3.45. The average molecular weight is 318 g/mol. The summed E-state index contributed by atoms with van der Waals surface area (Å²) in [6.45, 7) is 5.56. The van der Waals surface area contributed by atoms with Gasteiger partial charge in [0.1, 0.15) is 0 Å². The second-order valence-corrected chi connectivity index (χ2v) is 5.57. The molecule has 5 nitrogen and oxygen atoms in total. The molecule has 2 rings (SSSR count). The van der Waals surface area contributed by atoms with E-state index in [0.29, 0.717) is 24.0 Å². The van der Waals surface area contributed by atoms with Crippen LogP contribution in [0.25, 0.3) is 5.69 Å². The summed E-state index contributed by atoms with van der Waals surface area (Å²) in [5.74, 6) is 0.475. The number of halogens is 3. The molecule has 0 amide bonds. The van der Waals surface area contributed by atoms with Crippen LogP contribution in [0.3, 0.4) is 0 Å². The van der Waals surface area contributed by atoms with Crippen LogP contribution in [-0.2, 0) is 6.54 Å². The summed E-state index contributed by atoms with van der Waals surface area (Å²) in [6, 6.07) is 2.87. The number of tetrazole rings is 1. The van der Waals surface area contributed by atoms with Gasteiger partial charge < -0.3 is 5.32 Å². The molecule has 108 valence electrons. The fraction of sp³-hybridized carbons (Fsp3) is 0.417. The SMILES string of the molecule is CC(C)CNCc1nnnn1-c1cc(Cl)c(F)c(Cl)c1. The van der Waals surface area contributed by atoms with Gasteiger partial charge in [0.05, 0.1) is 22.3 Å². The Morgan fingerprint density at radius 3 is 2.55 bits per heavy atom. The number of rotatable bonds is 5. The van der Waals surface area contributed by atoms with E-state index >= 15 is 0 Å². The second kappa shape index (κ2) is 6.47. The van der Waals surface area contributed by atoms with Crippen molar-refractivity contribution >= 4 is 23.2 Å². The van der Waals surface area contributed by atoms with Crippen LogP contribution in [-0.4, -0.2) is 26.8 Å². The van der Waals surface area contributed by atoms with E-state index in [9.17, 15) is 4.39 Å². The molecule has 0 bridgehead atoms. The van der Waals surface area contributed by atoms with Gasteiger partial charge in [-0.2, -0.15) is 4.68 Å². The predicted molar refractivity (Wildman–Crippen MR) is 75.7 cm³/mol. The molecule has 1 aromatic carbocycles. The lowest BCUT2D eigenvalue weighted by Gasteiger charge is -2.09. The molecule has 0 aliphatic rings. The molecule has 0 radical (unpaired) electrons. The quantitative estimate of drug-likeness (QED) is 0.861. The van der Waals surface area contributed by atoms with Crippen LogP contribution < -0.4 is 5.32 Å². The van der Waals surface area contributed by atoms with E-state index in [2.05, 4.69) is 34.7 Å². The molecule has 1 aromatic heterocycles. The fourth-order valence-electron chi connectivity index (χ4n) is 1.65. The molecule has 0 spiro atoms. The largest absolute Gasteiger partial charge is 0.310 e. The molecule has 0 saturated carbocycles. The lowest BCUT2D eigenvalue weighted by molar-refractivity contribution is 0.537. The Hall–Kier alpha value is -1.24. The van der Waals surface area contributed by atoms with Crippen LogP contribution in [0, 0.1) is 11.7 Å². The zero-order valence-electron chi connectivity index (χ0n) is 11.1. The van der Waals surface area contributed by atoms with Gasteiger partial charge in [-0.15, -0.1) is 5.10 Å². The normalized spacial score (nSPS) is 11.3. The van der Waals surface area contributed by atoms with E-state index in [-0.39, 0.29) is 10.0 Å². The highest BCUT2D eigenvalue weighted by atomic mass is 35.5. The zero-order chi connectivity index (χ0) is 14.7. The Balaban J connectivity index is 2.23. The first-order valence-corrected chi connectivity index (χ1v) is 6.87. The third-order valence-electron chi connectivity index (χ3n) is 2.58. The minimum absolute atomic E-state index is 0.0657. The predicted octanol–water partition coefficient (Wildman–Crippen LogP) is 2.85. The Morgan fingerprint density at radius 2 is 1.95 bits per heavy atom. The number of benzene rings is 1. The van der Waals surface area contributed by atoms with Gasteiger partial charge in [0, 0.05) is 0 Å². The summed E-state index contributed by atoms with van der Waals surface area (Å²) >= 11 is 11.6. The Bertz CT molecular complexity index is 576. The minimum Gasteiger partial charge on any atom is -0.310 e. The molecule has 1 heterocycles. The number of aromatic nitrogens is 4. The first-order valence-electron chi connectivity index (χ1n) is 6.12. The number of hydrogen-bond donors (Lipinski definition) is 1. The molecule has 20 heavy (non-hydrogen) atoms. The third-order valence-corrected chi connectivity index (χ3v) is 3.13. The monoisotopic (exact) mass is 317 g/mol. The van der Waals surface area contributed by atoms with Gasteiger partial charge in [-0.1, -0.05) is 37.0 Å². The van der Waals surface area contributed by atoms with Gasteiger partial charge in [0.25, 0.3) is 0 Å². The van der Waals surface area contributed by atoms with Crippen molar-refractivity contribution in [2.24, 2.45) is 5.92 Å². The molecule has 0 aliphatic heterocycles. The van der Waals surface area contributed by atoms with Crippen LogP contribution in [0.2, 0.25) is 10.0 Å². The van der Waals surface area contributed by atoms with Crippen LogP contribution in [0.15, 0.2) is 12.1 Å². The van der Waals surface area contributed by atoms with Gasteiger partial charge in [-0.3, -0.25) is 0 Å². The zero-order valence-corrected chi connectivity index (χ0v) is 12.6. The van der Waals surface area contributed by atoms with E-state index < -0.39 is 5.82 Å². The van der Waals surface area contributed by atoms with Crippen LogP contribution in [0.1, 0.15) is 19.7 Å². The summed E-state index contributed by atoms with van der Waals surface area (Å²) < 4.78 is 14.9. The Labute approximate surface area is 126 Å². The summed E-state index contributed by atoms with van der Waals surface area (Å²) in [6.07, 6.45) is 0. The number of nitrogens with zero attached hydrogens (tertiary/aromatic N) is 4. The highest BCUT2D eigenvalue weighted by molar-refractivity contribution is 6.35. The topological polar surface area (TPSA) is 55.6 Å². The molecule has 2 aromatic rings. The molecule has 0 unspecified atom stereocenters. The van der Waals surface area contributed by atoms with Crippen molar-refractivity contribution in [3.8, 4) is 5.69 Å². The molecular weight excluding hydrogens is 304 g/mol. The lowest BCUT2D eigenvalue weighted by atomic mass is 10.2. The van der Waals surface area contributed by atoms with Gasteiger partial charge >= 0.3 is 0 Å². The van der Waals surface area contributed by atoms with Crippen molar-refractivity contribution in [3.63, 3.8) is 0 Å². The fourth-order valence-corrected chi connectivity index (χ4v) is 2.13. The van der Waals surface area contributed by atoms with Crippen molar-refractivity contribution in [2.45, 2.75) is 20.4 Å². The van der Waals surface area contributed by atoms with E-state index in [4.69, 9.17) is 23.2 Å². The highest BCUT2D eigenvalue weighted by Gasteiger charge is 2.13. The molecular formula is C12H14Cl2FN5. The van der Waals surface area contributed by atoms with Crippen molar-refractivity contribution in [1.82, 2.24) is 25.5 Å². The molecule has 0 atom stereocenters. The molecule has 0 aliphatic carbocycles. The lowest BCUT2D eigenvalue weighted by Crippen LogP contribution is -2.21. The average Bonchev–Trinajstić information content (AvgIpc) is 2.83. The van der Waals surface area contributed by atoms with Crippen molar-refractivity contribution in [1.29, 1.82) is 0 Å². The summed E-state index contributed by atoms with van der Waals surface area (Å²) in [7, 11) is 0. The minimum atomic E-state index is -0.648. The Morgan fingerprint density at radius 1 is 1.30 bits per heavy atom. The molecule has 8 heteroatoms. The molecule has 0 fully saturated rings. The van der Waals surface area contributed by atoms with Crippen molar-refractivity contribution in [2.75, 3.05) is 6.54 Å². The number of hydrogen-bond acceptors (Lipinski definition) is 4. The number of nitrogens with one attached hydrogen (secondary N) is 1. The van der Waals surface area contributed by atoms with Gasteiger partial charge in [0.2, 0.25) is 0 Å². The summed E-state index contributed by atoms with van der Waals surface area (Å²) in [5.41, 5.74) is 0.521. The van der Waals surface area contributed by atoms with E-state index in [1.54, 1.807) is 0 Å². The first-order chi connectivity index (χ1) is 9.49. The smallest absolute Gasteiger partial charge is 0.170 e. The standard InChI is InChI=1S/C12H14Cl2FN5/c1-7(2)5-16-6-11-17-18-19-20(11)8-3-9(13)12(15)10(14)4-8/h3-4,7,16H,5-6H2,1-2H3. The highest BCUT2D eigenvalue weighted by Crippen LogP contribution is 2.26. The van der Waals surface area contributed by atoms with Crippen LogP contribution in [0.4, 0.5) is 4.39 Å². The second-order valence-electron chi connectivity index (χ2n) is 4.76. The van der Waals surface area contributed by atoms with E-state index in [0.717, 1.165) is 6.54 Å². The first kappa shape index (κ1) is 15.2. The van der Waals surface area contributed by atoms with Crippen molar-refractivity contribution < 1.29 is 4.39 Å². The van der Waals surface area contributed by atoms with Gasteiger partial charge in [-0.05, 0) is 35.0 Å². The summed E-state index contributed by atoms with van der Waals surface area (Å²) in [4.78, 5) is 0. The van der Waals surface area contributed by atoms with E-state index in [1.807, 2.05) is 0 Å².